The van der Waals surface area contributed by atoms with Gasteiger partial charge in [-0.3, -0.25) is 9.69 Å². The number of nitrogens with zero attached hydrogens (tertiary/aromatic N) is 1. The van der Waals surface area contributed by atoms with Gasteiger partial charge in [-0.15, -0.1) is 0 Å². The summed E-state index contributed by atoms with van der Waals surface area (Å²) in [4.78, 5) is 13.1. The van der Waals surface area contributed by atoms with E-state index in [1.807, 2.05) is 0 Å². The summed E-state index contributed by atoms with van der Waals surface area (Å²) in [5, 5.41) is 2.83. The zero-order valence-electron chi connectivity index (χ0n) is 9.83. The highest BCUT2D eigenvalue weighted by Gasteiger charge is 2.24. The third-order valence-corrected chi connectivity index (χ3v) is 3.14. The van der Waals surface area contributed by atoms with Crippen LogP contribution in [0.15, 0.2) is 0 Å². The van der Waals surface area contributed by atoms with E-state index >= 15 is 0 Å². The Bertz CT molecular complexity index is 208. The first-order valence-corrected chi connectivity index (χ1v) is 5.82. The Hall–Kier alpha value is -0.610. The number of nitrogens with two attached hydrogens (primary N) is 1. The molecule has 0 aromatic rings. The van der Waals surface area contributed by atoms with E-state index in [0.717, 1.165) is 32.1 Å². The van der Waals surface area contributed by atoms with Crippen molar-refractivity contribution in [2.45, 2.75) is 32.7 Å². The molecule has 3 N–H and O–H groups in total. The summed E-state index contributed by atoms with van der Waals surface area (Å²) in [5.41, 5.74) is 5.76. The molecule has 0 aromatic carbocycles. The minimum Gasteiger partial charge on any atom is -0.355 e. The Kier molecular flexibility index (Phi) is 5.05. The van der Waals surface area contributed by atoms with Gasteiger partial charge in [-0.1, -0.05) is 6.92 Å². The Morgan fingerprint density at radius 1 is 1.60 bits per heavy atom. The van der Waals surface area contributed by atoms with Crippen LogP contribution < -0.4 is 11.1 Å². The molecule has 2 unspecified atom stereocenters. The molecular weight excluding hydrogens is 190 g/mol. The molecule has 0 spiro atoms. The van der Waals surface area contributed by atoms with Gasteiger partial charge in [-0.2, -0.15) is 0 Å². The number of rotatable bonds is 4. The van der Waals surface area contributed by atoms with Crippen molar-refractivity contribution in [1.82, 2.24) is 10.2 Å². The van der Waals surface area contributed by atoms with Crippen LogP contribution in [-0.4, -0.2) is 43.0 Å². The Morgan fingerprint density at radius 2 is 2.33 bits per heavy atom. The highest BCUT2D eigenvalue weighted by atomic mass is 16.1. The maximum absolute atomic E-state index is 10.7. The maximum atomic E-state index is 10.7. The van der Waals surface area contributed by atoms with Crippen LogP contribution in [-0.2, 0) is 4.79 Å². The molecule has 0 aromatic heterocycles. The van der Waals surface area contributed by atoms with Gasteiger partial charge in [0.25, 0.3) is 0 Å². The molecule has 1 saturated heterocycles. The fraction of sp³-hybridized carbons (Fsp3) is 0.909. The summed E-state index contributed by atoms with van der Waals surface area (Å²) in [6.45, 7) is 7.34. The number of carbonyl (C=O) groups excluding carboxylic acids is 1. The lowest BCUT2D eigenvalue weighted by Gasteiger charge is -2.37. The Labute approximate surface area is 92.2 Å². The Balaban J connectivity index is 2.29. The van der Waals surface area contributed by atoms with E-state index < -0.39 is 0 Å². The highest BCUT2D eigenvalue weighted by Crippen LogP contribution is 2.21. The molecule has 0 radical (unpaired) electrons. The van der Waals surface area contributed by atoms with E-state index in [9.17, 15) is 4.79 Å². The summed E-state index contributed by atoms with van der Waals surface area (Å²) in [6, 6.07) is 0.502. The average Bonchev–Trinajstić information content (AvgIpc) is 2.19. The largest absolute Gasteiger partial charge is 0.355 e. The van der Waals surface area contributed by atoms with Crippen molar-refractivity contribution in [3.8, 4) is 0 Å². The second-order valence-corrected chi connectivity index (χ2v) is 4.54. The van der Waals surface area contributed by atoms with E-state index in [1.165, 1.54) is 12.8 Å². The molecule has 15 heavy (non-hydrogen) atoms. The molecule has 0 saturated carbocycles. The molecule has 0 bridgehead atoms. The molecule has 1 rings (SSSR count). The summed E-state index contributed by atoms with van der Waals surface area (Å²) >= 11 is 0. The van der Waals surface area contributed by atoms with E-state index in [-0.39, 0.29) is 5.91 Å². The Morgan fingerprint density at radius 3 is 2.93 bits per heavy atom. The number of amides is 1. The van der Waals surface area contributed by atoms with E-state index in [1.54, 1.807) is 6.92 Å². The molecule has 88 valence electrons. The van der Waals surface area contributed by atoms with Gasteiger partial charge in [0.2, 0.25) is 5.91 Å². The molecule has 4 heteroatoms. The fourth-order valence-electron chi connectivity index (χ4n) is 2.22. The van der Waals surface area contributed by atoms with Crippen molar-refractivity contribution in [2.24, 2.45) is 11.7 Å². The lowest BCUT2D eigenvalue weighted by atomic mass is 9.92. The number of likely N-dealkylation sites (tertiary alicyclic amines) is 1. The first kappa shape index (κ1) is 12.5. The molecule has 1 heterocycles. The summed E-state index contributed by atoms with van der Waals surface area (Å²) in [6.07, 6.45) is 2.44. The molecule has 1 aliphatic rings. The van der Waals surface area contributed by atoms with Crippen LogP contribution in [0, 0.1) is 5.92 Å². The number of hydrogen-bond acceptors (Lipinski definition) is 3. The van der Waals surface area contributed by atoms with Gasteiger partial charge in [0.1, 0.15) is 0 Å². The third-order valence-electron chi connectivity index (χ3n) is 3.14. The molecule has 1 fully saturated rings. The number of nitrogens with one attached hydrogen (secondary N) is 1. The molecule has 4 nitrogen and oxygen atoms in total. The number of carbonyl (C=O) groups is 1. The van der Waals surface area contributed by atoms with E-state index in [0.29, 0.717) is 6.04 Å². The van der Waals surface area contributed by atoms with Crippen molar-refractivity contribution < 1.29 is 4.79 Å². The summed E-state index contributed by atoms with van der Waals surface area (Å²) < 4.78 is 0. The van der Waals surface area contributed by atoms with Gasteiger partial charge in [0, 0.05) is 32.6 Å². The fourth-order valence-corrected chi connectivity index (χ4v) is 2.22. The third kappa shape index (κ3) is 4.18. The predicted octanol–water partition coefficient (Wildman–Crippen LogP) is 0.182. The minimum absolute atomic E-state index is 0.0460. The van der Waals surface area contributed by atoms with E-state index in [2.05, 4.69) is 17.1 Å². The average molecular weight is 213 g/mol. The van der Waals surface area contributed by atoms with E-state index in [4.69, 9.17) is 5.73 Å². The van der Waals surface area contributed by atoms with Gasteiger partial charge in [0.15, 0.2) is 0 Å². The predicted molar refractivity (Wildman–Crippen MR) is 61.5 cm³/mol. The minimum atomic E-state index is 0.0460. The van der Waals surface area contributed by atoms with Gasteiger partial charge in [-0.25, -0.2) is 0 Å². The zero-order valence-corrected chi connectivity index (χ0v) is 9.83. The zero-order chi connectivity index (χ0) is 11.3. The van der Waals surface area contributed by atoms with Crippen LogP contribution in [0.5, 0.6) is 0 Å². The first-order chi connectivity index (χ1) is 7.13. The molecular formula is C11H23N3O. The normalized spacial score (nSPS) is 27.7. The summed E-state index contributed by atoms with van der Waals surface area (Å²) in [7, 11) is 0. The monoisotopic (exact) mass is 213 g/mol. The van der Waals surface area contributed by atoms with Gasteiger partial charge in [0.05, 0.1) is 0 Å². The molecule has 0 aliphatic carbocycles. The van der Waals surface area contributed by atoms with Crippen LogP contribution >= 0.6 is 0 Å². The lowest BCUT2D eigenvalue weighted by Crippen LogP contribution is -2.48. The van der Waals surface area contributed by atoms with Crippen molar-refractivity contribution >= 4 is 5.91 Å². The van der Waals surface area contributed by atoms with Gasteiger partial charge in [-0.05, 0) is 25.3 Å². The molecule has 1 amide bonds. The van der Waals surface area contributed by atoms with Crippen molar-refractivity contribution in [2.75, 3.05) is 26.2 Å². The van der Waals surface area contributed by atoms with Crippen molar-refractivity contribution in [1.29, 1.82) is 0 Å². The van der Waals surface area contributed by atoms with Crippen LogP contribution in [0.1, 0.15) is 26.7 Å². The van der Waals surface area contributed by atoms with Crippen LogP contribution in [0.25, 0.3) is 0 Å². The maximum Gasteiger partial charge on any atom is 0.216 e. The summed E-state index contributed by atoms with van der Waals surface area (Å²) in [5.74, 6) is 0.834. The van der Waals surface area contributed by atoms with Crippen molar-refractivity contribution in [3.05, 3.63) is 0 Å². The second-order valence-electron chi connectivity index (χ2n) is 4.54. The smallest absolute Gasteiger partial charge is 0.216 e. The van der Waals surface area contributed by atoms with Gasteiger partial charge >= 0.3 is 0 Å². The number of hydrogen-bond donors (Lipinski definition) is 2. The second kappa shape index (κ2) is 6.08. The van der Waals surface area contributed by atoms with Crippen LogP contribution in [0.2, 0.25) is 0 Å². The van der Waals surface area contributed by atoms with Crippen molar-refractivity contribution in [3.63, 3.8) is 0 Å². The van der Waals surface area contributed by atoms with Crippen LogP contribution in [0.4, 0.5) is 0 Å². The lowest BCUT2D eigenvalue weighted by molar-refractivity contribution is -0.119. The van der Waals surface area contributed by atoms with Gasteiger partial charge < -0.3 is 11.1 Å². The standard InChI is InChI=1S/C11H23N3O/c1-9-3-5-14(11(7-9)8-12)6-4-13-10(2)15/h9,11H,3-8,12H2,1-2H3,(H,13,15). The van der Waals surface area contributed by atoms with Crippen LogP contribution in [0.3, 0.4) is 0 Å². The topological polar surface area (TPSA) is 58.4 Å². The SMILES string of the molecule is CC(=O)NCCN1CCC(C)CC1CN. The molecule has 1 aliphatic heterocycles. The highest BCUT2D eigenvalue weighted by molar-refractivity contribution is 5.72. The number of piperidine rings is 1. The molecule has 2 atom stereocenters. The first-order valence-electron chi connectivity index (χ1n) is 5.82. The quantitative estimate of drug-likeness (QED) is 0.700.